The van der Waals surface area contributed by atoms with E-state index in [1.165, 1.54) is 0 Å². The Morgan fingerprint density at radius 3 is 2.17 bits per heavy atom. The van der Waals surface area contributed by atoms with Gasteiger partial charge in [-0.3, -0.25) is 24.2 Å². The number of guanidine groups is 1. The first-order valence-electron chi connectivity index (χ1n) is 9.01. The van der Waals surface area contributed by atoms with Crippen molar-refractivity contribution in [3.63, 3.8) is 0 Å². The first kappa shape index (κ1) is 26.5. The smallest absolute Gasteiger partial charge is 0.322 e. The van der Waals surface area contributed by atoms with E-state index in [-0.39, 0.29) is 17.6 Å². The molecular weight excluding hydrogens is 402 g/mol. The van der Waals surface area contributed by atoms with Crippen molar-refractivity contribution < 1.29 is 24.3 Å². The van der Waals surface area contributed by atoms with Crippen molar-refractivity contribution in [1.82, 2.24) is 16.0 Å². The van der Waals surface area contributed by atoms with E-state index in [0.29, 0.717) is 19.4 Å². The molecule has 0 aromatic rings. The molecule has 29 heavy (non-hydrogen) atoms. The van der Waals surface area contributed by atoms with Gasteiger partial charge in [-0.25, -0.2) is 0 Å². The molecule has 3 atom stereocenters. The molecule has 0 bridgehead atoms. The normalized spacial score (nSPS) is 13.7. The van der Waals surface area contributed by atoms with Gasteiger partial charge in [-0.2, -0.15) is 12.6 Å². The minimum Gasteiger partial charge on any atom is -0.480 e. The fourth-order valence-corrected chi connectivity index (χ4v) is 2.44. The van der Waals surface area contributed by atoms with Gasteiger partial charge in [-0.05, 0) is 18.8 Å². The van der Waals surface area contributed by atoms with E-state index >= 15 is 0 Å². The summed E-state index contributed by atoms with van der Waals surface area (Å²) in [5, 5.41) is 15.9. The highest BCUT2D eigenvalue weighted by molar-refractivity contribution is 7.80. The Balaban J connectivity index is 4.78. The Bertz CT molecular complexity index is 610. The molecule has 0 spiro atoms. The van der Waals surface area contributed by atoms with Crippen LogP contribution in [-0.4, -0.2) is 71.7 Å². The second kappa shape index (κ2) is 13.6. The van der Waals surface area contributed by atoms with Gasteiger partial charge in [-0.15, -0.1) is 0 Å². The summed E-state index contributed by atoms with van der Waals surface area (Å²) in [6.45, 7) is 3.12. The van der Waals surface area contributed by atoms with Crippen LogP contribution in [0.4, 0.5) is 0 Å². The van der Waals surface area contributed by atoms with Gasteiger partial charge in [-0.1, -0.05) is 13.8 Å². The van der Waals surface area contributed by atoms with Crippen LogP contribution in [0.1, 0.15) is 26.7 Å². The van der Waals surface area contributed by atoms with Crippen LogP contribution in [0.5, 0.6) is 0 Å². The lowest BCUT2D eigenvalue weighted by Crippen LogP contribution is -2.57. The third kappa shape index (κ3) is 11.1. The van der Waals surface area contributed by atoms with E-state index in [1.807, 2.05) is 0 Å². The predicted molar refractivity (Wildman–Crippen MR) is 111 cm³/mol. The highest BCUT2D eigenvalue weighted by Gasteiger charge is 2.29. The second-order valence-electron chi connectivity index (χ2n) is 6.64. The van der Waals surface area contributed by atoms with Crippen LogP contribution in [0.2, 0.25) is 0 Å². The molecule has 0 heterocycles. The molecule has 0 aliphatic carbocycles. The monoisotopic (exact) mass is 433 g/mol. The van der Waals surface area contributed by atoms with E-state index in [2.05, 4.69) is 33.6 Å². The average molecular weight is 434 g/mol. The number of hydrogen-bond acceptors (Lipinski definition) is 7. The molecule has 13 heteroatoms. The molecular formula is C16H31N7O5S. The van der Waals surface area contributed by atoms with Crippen molar-refractivity contribution >= 4 is 42.3 Å². The molecule has 10 N–H and O–H groups in total. The first-order valence-corrected chi connectivity index (χ1v) is 9.64. The van der Waals surface area contributed by atoms with Gasteiger partial charge in [0, 0.05) is 12.3 Å². The number of rotatable bonds is 13. The van der Waals surface area contributed by atoms with Gasteiger partial charge < -0.3 is 38.3 Å². The third-order valence-electron chi connectivity index (χ3n) is 3.78. The standard InChI is InChI=1S/C16H31N7O5S/c1-8(2)12(15(28)21-6-11(24)25)23-14(27)10(7-29)22-13(26)9(17)4-3-5-20-16(18)19/h8-10,12,29H,3-7,17H2,1-2H3,(H,21,28)(H,22,26)(H,23,27)(H,24,25)(H4,18,19,20). The predicted octanol–water partition coefficient (Wildman–Crippen LogP) is -2.88. The average Bonchev–Trinajstić information content (AvgIpc) is 2.64. The Morgan fingerprint density at radius 2 is 1.69 bits per heavy atom. The topological polar surface area (TPSA) is 215 Å². The lowest BCUT2D eigenvalue weighted by atomic mass is 10.0. The summed E-state index contributed by atoms with van der Waals surface area (Å²) >= 11 is 4.06. The molecule has 0 saturated carbocycles. The van der Waals surface area contributed by atoms with Crippen molar-refractivity contribution in [2.75, 3.05) is 18.8 Å². The minimum absolute atomic E-state index is 0.0279. The van der Waals surface area contributed by atoms with E-state index in [4.69, 9.17) is 22.3 Å². The van der Waals surface area contributed by atoms with E-state index in [1.54, 1.807) is 13.8 Å². The molecule has 0 aliphatic heterocycles. The number of carboxylic acids is 1. The molecule has 0 radical (unpaired) electrons. The van der Waals surface area contributed by atoms with E-state index in [0.717, 1.165) is 0 Å². The molecule has 166 valence electrons. The van der Waals surface area contributed by atoms with Crippen LogP contribution in [0.15, 0.2) is 4.99 Å². The maximum absolute atomic E-state index is 12.5. The van der Waals surface area contributed by atoms with Crippen LogP contribution in [0, 0.1) is 5.92 Å². The van der Waals surface area contributed by atoms with Crippen molar-refractivity contribution in [1.29, 1.82) is 0 Å². The van der Waals surface area contributed by atoms with Gasteiger partial charge in [0.2, 0.25) is 17.7 Å². The molecule has 0 aromatic heterocycles. The zero-order chi connectivity index (χ0) is 22.6. The van der Waals surface area contributed by atoms with Crippen LogP contribution in [-0.2, 0) is 19.2 Å². The van der Waals surface area contributed by atoms with Crippen LogP contribution in [0.25, 0.3) is 0 Å². The highest BCUT2D eigenvalue weighted by atomic mass is 32.1. The van der Waals surface area contributed by atoms with Gasteiger partial charge in [0.15, 0.2) is 5.96 Å². The first-order chi connectivity index (χ1) is 13.5. The summed E-state index contributed by atoms with van der Waals surface area (Å²) in [7, 11) is 0. The minimum atomic E-state index is -1.21. The molecule has 3 amide bonds. The van der Waals surface area contributed by atoms with Gasteiger partial charge in [0.25, 0.3) is 0 Å². The number of thiol groups is 1. The zero-order valence-corrected chi connectivity index (χ0v) is 17.4. The lowest BCUT2D eigenvalue weighted by molar-refractivity contribution is -0.138. The van der Waals surface area contributed by atoms with Crippen molar-refractivity contribution in [3.8, 4) is 0 Å². The van der Waals surface area contributed by atoms with E-state index < -0.39 is 48.4 Å². The number of nitrogens with two attached hydrogens (primary N) is 3. The number of aliphatic imine (C=N–C) groups is 1. The maximum Gasteiger partial charge on any atom is 0.322 e. The second-order valence-corrected chi connectivity index (χ2v) is 7.01. The number of carbonyl (C=O) groups is 4. The Hall–Kier alpha value is -2.54. The largest absolute Gasteiger partial charge is 0.480 e. The summed E-state index contributed by atoms with van der Waals surface area (Å²) in [4.78, 5) is 51.2. The third-order valence-corrected chi connectivity index (χ3v) is 4.15. The summed E-state index contributed by atoms with van der Waals surface area (Å²) < 4.78 is 0. The quantitative estimate of drug-likeness (QED) is 0.0651. The molecule has 0 saturated heterocycles. The van der Waals surface area contributed by atoms with Crippen molar-refractivity contribution in [2.24, 2.45) is 28.1 Å². The molecule has 0 fully saturated rings. The highest BCUT2D eigenvalue weighted by Crippen LogP contribution is 2.04. The molecule has 0 aromatic carbocycles. The van der Waals surface area contributed by atoms with Gasteiger partial charge >= 0.3 is 5.97 Å². The Labute approximate surface area is 174 Å². The maximum atomic E-state index is 12.5. The number of amides is 3. The number of nitrogens with zero attached hydrogens (tertiary/aromatic N) is 1. The fourth-order valence-electron chi connectivity index (χ4n) is 2.18. The fraction of sp³-hybridized carbons (Fsp3) is 0.688. The van der Waals surface area contributed by atoms with Crippen LogP contribution >= 0.6 is 12.6 Å². The Kier molecular flexibility index (Phi) is 12.4. The number of aliphatic carboxylic acids is 1. The van der Waals surface area contributed by atoms with Gasteiger partial charge in [0.05, 0.1) is 6.04 Å². The van der Waals surface area contributed by atoms with Crippen molar-refractivity contribution in [2.45, 2.75) is 44.8 Å². The summed E-state index contributed by atoms with van der Waals surface area (Å²) in [6.07, 6.45) is 0.777. The zero-order valence-electron chi connectivity index (χ0n) is 16.6. The van der Waals surface area contributed by atoms with Crippen LogP contribution < -0.4 is 33.2 Å². The number of hydrogen-bond donors (Lipinski definition) is 8. The SMILES string of the molecule is CC(C)C(NC(=O)C(CS)NC(=O)C(N)CCCN=C(N)N)C(=O)NCC(=O)O. The van der Waals surface area contributed by atoms with Crippen LogP contribution in [0.3, 0.4) is 0 Å². The molecule has 3 unspecified atom stereocenters. The summed E-state index contributed by atoms with van der Waals surface area (Å²) in [5.41, 5.74) is 16.2. The molecule has 12 nitrogen and oxygen atoms in total. The van der Waals surface area contributed by atoms with Gasteiger partial charge in [0.1, 0.15) is 18.6 Å². The van der Waals surface area contributed by atoms with Crippen molar-refractivity contribution in [3.05, 3.63) is 0 Å². The van der Waals surface area contributed by atoms with E-state index in [9.17, 15) is 19.2 Å². The summed E-state index contributed by atoms with van der Waals surface area (Å²) in [6, 6.07) is -2.88. The number of nitrogens with one attached hydrogen (secondary N) is 3. The summed E-state index contributed by atoms with van der Waals surface area (Å²) in [5.74, 6) is -3.44. The number of carbonyl (C=O) groups excluding carboxylic acids is 3. The Morgan fingerprint density at radius 1 is 1.07 bits per heavy atom. The molecule has 0 rings (SSSR count). The number of carboxylic acid groups (broad SMARTS) is 1. The molecule has 0 aliphatic rings. The lowest BCUT2D eigenvalue weighted by Gasteiger charge is -2.25.